The van der Waals surface area contributed by atoms with E-state index in [0.717, 1.165) is 29.8 Å². The monoisotopic (exact) mass is 446 g/mol. The Morgan fingerprint density at radius 2 is 1.50 bits per heavy atom. The van der Waals surface area contributed by atoms with Crippen LogP contribution in [0.4, 0.5) is 5.69 Å². The summed E-state index contributed by atoms with van der Waals surface area (Å²) in [5, 5.41) is 3.25. The summed E-state index contributed by atoms with van der Waals surface area (Å²) in [5.74, 6) is -0.290. The Kier molecular flexibility index (Phi) is 6.44. The molecule has 1 heterocycles. The number of nitrogens with one attached hydrogen (secondary N) is 1. The number of carbonyl (C=O) groups excluding carboxylic acids is 1. The van der Waals surface area contributed by atoms with Gasteiger partial charge in [-0.2, -0.15) is 0 Å². The number of rotatable bonds is 6. The van der Waals surface area contributed by atoms with Crippen molar-refractivity contribution in [2.45, 2.75) is 31.8 Å². The van der Waals surface area contributed by atoms with Gasteiger partial charge in [-0.3, -0.25) is 4.79 Å². The van der Waals surface area contributed by atoms with Gasteiger partial charge in [-0.25, -0.2) is 0 Å². The Hall–Kier alpha value is -3.85. The molecule has 0 aromatic heterocycles. The van der Waals surface area contributed by atoms with Crippen LogP contribution in [0.3, 0.4) is 0 Å². The zero-order valence-corrected chi connectivity index (χ0v) is 19.5. The second-order valence-corrected chi connectivity index (χ2v) is 9.01. The normalized spacial score (nSPS) is 15.9. The summed E-state index contributed by atoms with van der Waals surface area (Å²) in [7, 11) is 0. The molecule has 0 unspecified atom stereocenters. The summed E-state index contributed by atoms with van der Waals surface area (Å²) in [6.45, 7) is 3.47. The highest BCUT2D eigenvalue weighted by Crippen LogP contribution is 2.43. The average molecular weight is 447 g/mol. The molecule has 5 rings (SSSR count). The van der Waals surface area contributed by atoms with E-state index in [1.54, 1.807) is 0 Å². The molecule has 0 aliphatic carbocycles. The van der Waals surface area contributed by atoms with Crippen molar-refractivity contribution in [3.05, 3.63) is 137 Å². The van der Waals surface area contributed by atoms with E-state index in [1.165, 1.54) is 16.7 Å². The SMILES string of the molecule is Cc1ccc([C@@H](C(=O)NCc2ccccc2)[C@H]2c3ccccc3CCN2c2ccccc2)cc1. The molecule has 1 aliphatic heterocycles. The number of para-hydroxylation sites is 1. The first-order chi connectivity index (χ1) is 16.7. The Morgan fingerprint density at radius 3 is 2.24 bits per heavy atom. The van der Waals surface area contributed by atoms with Gasteiger partial charge in [0.25, 0.3) is 0 Å². The molecule has 0 fully saturated rings. The molecule has 2 atom stereocenters. The highest BCUT2D eigenvalue weighted by molar-refractivity contribution is 5.86. The summed E-state index contributed by atoms with van der Waals surface area (Å²) >= 11 is 0. The molecule has 0 radical (unpaired) electrons. The van der Waals surface area contributed by atoms with Crippen LogP contribution in [0.1, 0.15) is 39.8 Å². The zero-order valence-electron chi connectivity index (χ0n) is 19.5. The van der Waals surface area contributed by atoms with E-state index in [9.17, 15) is 4.79 Å². The van der Waals surface area contributed by atoms with E-state index < -0.39 is 0 Å². The quantitative estimate of drug-likeness (QED) is 0.382. The smallest absolute Gasteiger partial charge is 0.230 e. The number of hydrogen-bond donors (Lipinski definition) is 1. The second-order valence-electron chi connectivity index (χ2n) is 9.01. The minimum atomic E-state index is -0.342. The van der Waals surface area contributed by atoms with Crippen molar-refractivity contribution in [1.82, 2.24) is 5.32 Å². The molecule has 0 bridgehead atoms. The minimum Gasteiger partial charge on any atom is -0.363 e. The predicted octanol–water partition coefficient (Wildman–Crippen LogP) is 6.20. The molecular formula is C31H30N2O. The molecule has 170 valence electrons. The van der Waals surface area contributed by atoms with Crippen LogP contribution in [0.5, 0.6) is 0 Å². The van der Waals surface area contributed by atoms with Crippen LogP contribution in [-0.4, -0.2) is 12.5 Å². The molecule has 4 aromatic carbocycles. The zero-order chi connectivity index (χ0) is 23.3. The number of hydrogen-bond acceptors (Lipinski definition) is 2. The standard InChI is InChI=1S/C31H30N2O/c1-23-16-18-26(19-17-23)29(31(34)32-22-24-10-4-2-5-11-24)30-28-15-9-8-12-25(28)20-21-33(30)27-13-6-3-7-14-27/h2-19,29-30H,20-22H2,1H3,(H,32,34)/t29-,30-/m1/s1. The van der Waals surface area contributed by atoms with Crippen molar-refractivity contribution in [1.29, 1.82) is 0 Å². The fourth-order valence-electron chi connectivity index (χ4n) is 5.01. The van der Waals surface area contributed by atoms with E-state index in [0.29, 0.717) is 6.54 Å². The Labute approximate surface area is 202 Å². The van der Waals surface area contributed by atoms with Crippen molar-refractivity contribution in [2.75, 3.05) is 11.4 Å². The van der Waals surface area contributed by atoms with E-state index in [-0.39, 0.29) is 17.9 Å². The maximum absolute atomic E-state index is 14.0. The second kappa shape index (κ2) is 9.96. The van der Waals surface area contributed by atoms with E-state index >= 15 is 0 Å². The van der Waals surface area contributed by atoms with Crippen LogP contribution in [-0.2, 0) is 17.8 Å². The van der Waals surface area contributed by atoms with Crippen LogP contribution < -0.4 is 10.2 Å². The lowest BCUT2D eigenvalue weighted by Gasteiger charge is -2.43. The highest BCUT2D eigenvalue weighted by atomic mass is 16.1. The summed E-state index contributed by atoms with van der Waals surface area (Å²) in [5.41, 5.74) is 7.04. The number of carbonyl (C=O) groups is 1. The van der Waals surface area contributed by atoms with Crippen LogP contribution in [0, 0.1) is 6.92 Å². The van der Waals surface area contributed by atoms with Gasteiger partial charge in [0.05, 0.1) is 12.0 Å². The molecule has 34 heavy (non-hydrogen) atoms. The van der Waals surface area contributed by atoms with E-state index in [4.69, 9.17) is 0 Å². The van der Waals surface area contributed by atoms with E-state index in [1.807, 2.05) is 36.4 Å². The molecule has 4 aromatic rings. The molecule has 1 aliphatic rings. The van der Waals surface area contributed by atoms with Gasteiger partial charge in [0.15, 0.2) is 0 Å². The van der Waals surface area contributed by atoms with Gasteiger partial charge >= 0.3 is 0 Å². The fourth-order valence-corrected chi connectivity index (χ4v) is 5.01. The van der Waals surface area contributed by atoms with Crippen LogP contribution in [0.15, 0.2) is 109 Å². The third kappa shape index (κ3) is 4.60. The maximum atomic E-state index is 14.0. The highest BCUT2D eigenvalue weighted by Gasteiger charge is 2.38. The van der Waals surface area contributed by atoms with Crippen LogP contribution >= 0.6 is 0 Å². The summed E-state index contributed by atoms with van der Waals surface area (Å²) in [6, 6.07) is 37.5. The topological polar surface area (TPSA) is 32.3 Å². The van der Waals surface area contributed by atoms with Gasteiger partial charge < -0.3 is 10.2 Å². The third-order valence-corrected chi connectivity index (χ3v) is 6.76. The summed E-state index contributed by atoms with van der Waals surface area (Å²) in [6.07, 6.45) is 0.966. The molecule has 0 saturated heterocycles. The lowest BCUT2D eigenvalue weighted by Crippen LogP contribution is -2.43. The predicted molar refractivity (Wildman–Crippen MR) is 139 cm³/mol. The molecule has 3 heteroatoms. The number of amides is 1. The Balaban J connectivity index is 1.58. The Morgan fingerprint density at radius 1 is 0.853 bits per heavy atom. The minimum absolute atomic E-state index is 0.0512. The van der Waals surface area contributed by atoms with Gasteiger partial charge in [-0.05, 0) is 47.7 Å². The molecule has 3 nitrogen and oxygen atoms in total. The number of anilines is 1. The molecule has 1 amide bonds. The van der Waals surface area contributed by atoms with Crippen LogP contribution in [0.2, 0.25) is 0 Å². The van der Waals surface area contributed by atoms with Crippen molar-refractivity contribution in [2.24, 2.45) is 0 Å². The largest absolute Gasteiger partial charge is 0.363 e. The van der Waals surface area contributed by atoms with Crippen molar-refractivity contribution >= 4 is 11.6 Å². The number of aryl methyl sites for hydroxylation is 1. The van der Waals surface area contributed by atoms with Crippen molar-refractivity contribution < 1.29 is 4.79 Å². The fraction of sp³-hybridized carbons (Fsp3) is 0.194. The first kappa shape index (κ1) is 22.0. The van der Waals surface area contributed by atoms with Gasteiger partial charge in [0.2, 0.25) is 5.91 Å². The van der Waals surface area contributed by atoms with Gasteiger partial charge in [0, 0.05) is 18.8 Å². The van der Waals surface area contributed by atoms with Crippen molar-refractivity contribution in [3.8, 4) is 0 Å². The molecule has 0 saturated carbocycles. The number of nitrogens with zero attached hydrogens (tertiary/aromatic N) is 1. The van der Waals surface area contributed by atoms with Gasteiger partial charge in [-0.1, -0.05) is 103 Å². The first-order valence-corrected chi connectivity index (χ1v) is 12.0. The maximum Gasteiger partial charge on any atom is 0.230 e. The molecule has 1 N–H and O–H groups in total. The lowest BCUT2D eigenvalue weighted by atomic mass is 9.80. The number of fused-ring (bicyclic) bond motifs is 1. The molecular weight excluding hydrogens is 416 g/mol. The number of benzene rings is 4. The summed E-state index contributed by atoms with van der Waals surface area (Å²) < 4.78 is 0. The van der Waals surface area contributed by atoms with Crippen LogP contribution in [0.25, 0.3) is 0 Å². The molecule has 0 spiro atoms. The third-order valence-electron chi connectivity index (χ3n) is 6.76. The summed E-state index contributed by atoms with van der Waals surface area (Å²) in [4.78, 5) is 16.4. The van der Waals surface area contributed by atoms with Gasteiger partial charge in [0.1, 0.15) is 0 Å². The van der Waals surface area contributed by atoms with Crippen molar-refractivity contribution in [3.63, 3.8) is 0 Å². The lowest BCUT2D eigenvalue weighted by molar-refractivity contribution is -0.123. The van der Waals surface area contributed by atoms with E-state index in [2.05, 4.69) is 89.9 Å². The van der Waals surface area contributed by atoms with Gasteiger partial charge in [-0.15, -0.1) is 0 Å². The first-order valence-electron chi connectivity index (χ1n) is 12.0. The Bertz CT molecular complexity index is 1240. The average Bonchev–Trinajstić information content (AvgIpc) is 2.90.